The molecular weight excluding hydrogens is 144 g/mol. The van der Waals surface area contributed by atoms with E-state index in [-0.39, 0.29) is 0 Å². The lowest BCUT2D eigenvalue weighted by Gasteiger charge is -2.74. The van der Waals surface area contributed by atoms with Gasteiger partial charge in [0.05, 0.1) is 0 Å². The average Bonchev–Trinajstić information content (AvgIpc) is 2.10. The average molecular weight is 164 g/mol. The smallest absolute Gasteiger partial charge is 0.000566 e. The second kappa shape index (κ2) is 1.81. The molecule has 0 aliphatic heterocycles. The molecule has 0 aromatic carbocycles. The van der Waals surface area contributed by atoms with Crippen LogP contribution in [0, 0.1) is 22.7 Å². The molecule has 1 saturated carbocycles. The monoisotopic (exact) mass is 164 g/mol. The van der Waals surface area contributed by atoms with E-state index in [0.717, 1.165) is 11.8 Å². The number of hydrogen-bond donors (Lipinski definition) is 0. The highest BCUT2D eigenvalue weighted by atomic mass is 14.7. The molecule has 2 aliphatic rings. The molecule has 0 aromatic rings. The molecule has 0 N–H and O–H groups in total. The number of allylic oxidation sites excluding steroid dienone is 2. The minimum atomic E-state index is 0.538. The maximum atomic E-state index is 2.44. The lowest BCUT2D eigenvalue weighted by molar-refractivity contribution is -0.153. The van der Waals surface area contributed by atoms with Gasteiger partial charge in [-0.15, -0.1) is 0 Å². The van der Waals surface area contributed by atoms with Crippen LogP contribution >= 0.6 is 0 Å². The van der Waals surface area contributed by atoms with Crippen LogP contribution in [0.5, 0.6) is 0 Å². The standard InChI is InChI=1S/C12H20/c1-7-8(2)12(6)10(4)9(3)11(7,12)5/h7-8H,1-6H3/t7-,8+,11+,12-. The van der Waals surface area contributed by atoms with Gasteiger partial charge < -0.3 is 0 Å². The molecule has 0 amide bonds. The molecule has 2 rings (SSSR count). The Morgan fingerprint density at radius 2 is 1.08 bits per heavy atom. The number of fused-ring (bicyclic) bond motifs is 1. The van der Waals surface area contributed by atoms with E-state index in [0.29, 0.717) is 10.8 Å². The van der Waals surface area contributed by atoms with E-state index >= 15 is 0 Å². The third kappa shape index (κ3) is 0.448. The Labute approximate surface area is 76.1 Å². The first-order chi connectivity index (χ1) is 5.38. The highest BCUT2D eigenvalue weighted by Gasteiger charge is 2.70. The van der Waals surface area contributed by atoms with E-state index in [1.54, 1.807) is 11.1 Å². The predicted octanol–water partition coefficient (Wildman–Crippen LogP) is 3.63. The van der Waals surface area contributed by atoms with Crippen molar-refractivity contribution in [3.05, 3.63) is 11.1 Å². The van der Waals surface area contributed by atoms with E-state index in [1.807, 2.05) is 0 Å². The first-order valence-electron chi connectivity index (χ1n) is 5.07. The molecule has 2 aliphatic carbocycles. The van der Waals surface area contributed by atoms with Crippen LogP contribution in [0.4, 0.5) is 0 Å². The predicted molar refractivity (Wildman–Crippen MR) is 52.9 cm³/mol. The minimum Gasteiger partial charge on any atom is -0.0667 e. The van der Waals surface area contributed by atoms with Crippen molar-refractivity contribution in [2.45, 2.75) is 41.5 Å². The molecule has 12 heavy (non-hydrogen) atoms. The third-order valence-electron chi connectivity index (χ3n) is 5.77. The summed E-state index contributed by atoms with van der Waals surface area (Å²) in [4.78, 5) is 0. The molecule has 0 nitrogen and oxygen atoms in total. The molecule has 0 bridgehead atoms. The van der Waals surface area contributed by atoms with Crippen molar-refractivity contribution < 1.29 is 0 Å². The molecular formula is C12H20. The van der Waals surface area contributed by atoms with Crippen molar-refractivity contribution in [1.29, 1.82) is 0 Å². The fraction of sp³-hybridized carbons (Fsp3) is 0.833. The van der Waals surface area contributed by atoms with Crippen molar-refractivity contribution in [3.8, 4) is 0 Å². The van der Waals surface area contributed by atoms with Crippen LogP contribution in [0.25, 0.3) is 0 Å². The Bertz CT molecular complexity index is 246. The molecule has 1 fully saturated rings. The van der Waals surface area contributed by atoms with Gasteiger partial charge in [0.25, 0.3) is 0 Å². The van der Waals surface area contributed by atoms with E-state index in [1.165, 1.54) is 0 Å². The second-order valence-electron chi connectivity index (χ2n) is 5.23. The van der Waals surface area contributed by atoms with Crippen molar-refractivity contribution in [2.75, 3.05) is 0 Å². The SMILES string of the molecule is CC1=C(C)[C@]2(C)[C@H](C)[C@H](C)[C@]12C. The zero-order valence-electron chi connectivity index (χ0n) is 9.15. The zero-order valence-corrected chi connectivity index (χ0v) is 9.15. The van der Waals surface area contributed by atoms with Gasteiger partial charge in [0.15, 0.2) is 0 Å². The number of hydrogen-bond acceptors (Lipinski definition) is 0. The van der Waals surface area contributed by atoms with Crippen LogP contribution < -0.4 is 0 Å². The van der Waals surface area contributed by atoms with Crippen LogP contribution in [0.1, 0.15) is 41.5 Å². The Morgan fingerprint density at radius 3 is 1.33 bits per heavy atom. The molecule has 0 saturated heterocycles. The summed E-state index contributed by atoms with van der Waals surface area (Å²) in [6, 6.07) is 0. The first kappa shape index (κ1) is 8.34. The summed E-state index contributed by atoms with van der Waals surface area (Å²) < 4.78 is 0. The van der Waals surface area contributed by atoms with Gasteiger partial charge in [0.2, 0.25) is 0 Å². The van der Waals surface area contributed by atoms with Gasteiger partial charge in [-0.3, -0.25) is 0 Å². The van der Waals surface area contributed by atoms with Gasteiger partial charge in [-0.1, -0.05) is 38.8 Å². The Hall–Kier alpha value is -0.260. The van der Waals surface area contributed by atoms with E-state index in [9.17, 15) is 0 Å². The summed E-state index contributed by atoms with van der Waals surface area (Å²) in [7, 11) is 0. The Kier molecular flexibility index (Phi) is 1.26. The van der Waals surface area contributed by atoms with Gasteiger partial charge in [-0.25, -0.2) is 0 Å². The summed E-state index contributed by atoms with van der Waals surface area (Å²) in [5, 5.41) is 0. The van der Waals surface area contributed by atoms with Gasteiger partial charge in [0, 0.05) is 10.8 Å². The van der Waals surface area contributed by atoms with Crippen LogP contribution in [0.3, 0.4) is 0 Å². The summed E-state index contributed by atoms with van der Waals surface area (Å²) in [5.74, 6) is 1.76. The summed E-state index contributed by atoms with van der Waals surface area (Å²) in [6.07, 6.45) is 0. The summed E-state index contributed by atoms with van der Waals surface area (Å²) in [5.41, 5.74) is 4.40. The van der Waals surface area contributed by atoms with Crippen LogP contribution in [0.2, 0.25) is 0 Å². The minimum absolute atomic E-state index is 0.538. The molecule has 0 heterocycles. The maximum Gasteiger partial charge on any atom is 0.000566 e. The first-order valence-corrected chi connectivity index (χ1v) is 5.07. The largest absolute Gasteiger partial charge is 0.0667 e. The normalized spacial score (nSPS) is 57.5. The van der Waals surface area contributed by atoms with Crippen LogP contribution in [-0.2, 0) is 0 Å². The van der Waals surface area contributed by atoms with Crippen molar-refractivity contribution in [2.24, 2.45) is 22.7 Å². The van der Waals surface area contributed by atoms with Crippen molar-refractivity contribution >= 4 is 0 Å². The maximum absolute atomic E-state index is 2.44. The fourth-order valence-electron chi connectivity index (χ4n) is 4.03. The van der Waals surface area contributed by atoms with Gasteiger partial charge >= 0.3 is 0 Å². The lowest BCUT2D eigenvalue weighted by Crippen LogP contribution is -2.67. The van der Waals surface area contributed by atoms with E-state index in [4.69, 9.17) is 0 Å². The molecule has 0 aromatic heterocycles. The van der Waals surface area contributed by atoms with Crippen LogP contribution in [0.15, 0.2) is 11.1 Å². The molecule has 0 heteroatoms. The summed E-state index contributed by atoms with van der Waals surface area (Å²) >= 11 is 0. The second-order valence-corrected chi connectivity index (χ2v) is 5.23. The van der Waals surface area contributed by atoms with Gasteiger partial charge in [-0.2, -0.15) is 0 Å². The Morgan fingerprint density at radius 1 is 0.833 bits per heavy atom. The highest BCUT2D eigenvalue weighted by Crippen LogP contribution is 2.77. The van der Waals surface area contributed by atoms with E-state index < -0.39 is 0 Å². The van der Waals surface area contributed by atoms with Gasteiger partial charge in [-0.05, 0) is 25.7 Å². The third-order valence-corrected chi connectivity index (χ3v) is 5.77. The highest BCUT2D eigenvalue weighted by molar-refractivity contribution is 5.47. The number of rotatable bonds is 0. The molecule has 0 radical (unpaired) electrons. The molecule has 0 spiro atoms. The molecule has 4 atom stereocenters. The lowest BCUT2D eigenvalue weighted by atomic mass is 9.30. The van der Waals surface area contributed by atoms with Crippen molar-refractivity contribution in [1.82, 2.24) is 0 Å². The summed E-state index contributed by atoms with van der Waals surface area (Å²) in [6.45, 7) is 14.3. The molecule has 0 unspecified atom stereocenters. The Balaban J connectivity index is 2.49. The van der Waals surface area contributed by atoms with Crippen molar-refractivity contribution in [3.63, 3.8) is 0 Å². The van der Waals surface area contributed by atoms with E-state index in [2.05, 4.69) is 41.5 Å². The topological polar surface area (TPSA) is 0 Å². The van der Waals surface area contributed by atoms with Gasteiger partial charge in [0.1, 0.15) is 0 Å². The molecule has 68 valence electrons. The zero-order chi connectivity index (χ0) is 9.31. The van der Waals surface area contributed by atoms with Crippen LogP contribution in [-0.4, -0.2) is 0 Å². The fourth-order valence-corrected chi connectivity index (χ4v) is 4.03. The quantitative estimate of drug-likeness (QED) is 0.479.